The van der Waals surface area contributed by atoms with Gasteiger partial charge in [-0.15, -0.1) is 0 Å². The molecule has 0 fully saturated rings. The van der Waals surface area contributed by atoms with E-state index < -0.39 is 11.8 Å². The third-order valence-corrected chi connectivity index (χ3v) is 4.78. The lowest BCUT2D eigenvalue weighted by Gasteiger charge is -2.21. The van der Waals surface area contributed by atoms with Gasteiger partial charge in [-0.25, -0.2) is 4.99 Å². The zero-order chi connectivity index (χ0) is 18.8. The van der Waals surface area contributed by atoms with Crippen molar-refractivity contribution < 1.29 is 14.7 Å². The SMILES string of the molecule is CCCCCCCCCCNC(=O)CC1=C(O)C2C=CC=CC2=NC1=O. The maximum atomic E-state index is 12.1. The fraction of sp³-hybridized carbons (Fsp3) is 0.571. The van der Waals surface area contributed by atoms with Gasteiger partial charge in [0.15, 0.2) is 0 Å². The molecule has 2 amide bonds. The molecule has 0 spiro atoms. The lowest BCUT2D eigenvalue weighted by atomic mass is 9.89. The van der Waals surface area contributed by atoms with Gasteiger partial charge in [-0.3, -0.25) is 9.59 Å². The van der Waals surface area contributed by atoms with E-state index in [0.717, 1.165) is 12.8 Å². The fourth-order valence-electron chi connectivity index (χ4n) is 3.23. The number of aliphatic hydroxyl groups is 1. The second-order valence-electron chi connectivity index (χ2n) is 6.93. The van der Waals surface area contributed by atoms with Crippen LogP contribution < -0.4 is 5.32 Å². The molecule has 1 unspecified atom stereocenters. The molecule has 5 heteroatoms. The van der Waals surface area contributed by atoms with Crippen LogP contribution in [-0.2, 0) is 9.59 Å². The lowest BCUT2D eigenvalue weighted by Crippen LogP contribution is -2.30. The second kappa shape index (κ2) is 10.7. The number of carbonyl (C=O) groups is 2. The van der Waals surface area contributed by atoms with Gasteiger partial charge in [0.05, 0.1) is 23.6 Å². The first kappa shape index (κ1) is 20.1. The fourth-order valence-corrected chi connectivity index (χ4v) is 3.23. The molecule has 2 N–H and O–H groups in total. The van der Waals surface area contributed by atoms with Crippen LogP contribution in [0.25, 0.3) is 0 Å². The number of nitrogens with zero attached hydrogens (tertiary/aromatic N) is 1. The summed E-state index contributed by atoms with van der Waals surface area (Å²) in [6, 6.07) is 0. The summed E-state index contributed by atoms with van der Waals surface area (Å²) >= 11 is 0. The van der Waals surface area contributed by atoms with Crippen molar-refractivity contribution in [2.75, 3.05) is 6.54 Å². The largest absolute Gasteiger partial charge is 0.511 e. The summed E-state index contributed by atoms with van der Waals surface area (Å²) in [7, 11) is 0. The van der Waals surface area contributed by atoms with E-state index in [1.807, 2.05) is 0 Å². The Morgan fingerprint density at radius 2 is 1.81 bits per heavy atom. The average Bonchev–Trinajstić information content (AvgIpc) is 2.64. The maximum absolute atomic E-state index is 12.1. The number of dihydropyridines is 1. The van der Waals surface area contributed by atoms with E-state index in [4.69, 9.17) is 0 Å². The van der Waals surface area contributed by atoms with Gasteiger partial charge in [0.1, 0.15) is 5.76 Å². The number of unbranched alkanes of at least 4 members (excludes halogenated alkanes) is 7. The molecular formula is C21H30N2O3. The van der Waals surface area contributed by atoms with Gasteiger partial charge in [0.25, 0.3) is 5.91 Å². The Morgan fingerprint density at radius 3 is 2.54 bits per heavy atom. The first-order chi connectivity index (χ1) is 12.6. The van der Waals surface area contributed by atoms with Crippen LogP contribution >= 0.6 is 0 Å². The minimum atomic E-state index is -0.518. The molecule has 1 aliphatic carbocycles. The molecule has 1 aliphatic heterocycles. The molecule has 26 heavy (non-hydrogen) atoms. The van der Waals surface area contributed by atoms with Gasteiger partial charge in [-0.2, -0.15) is 0 Å². The molecule has 0 saturated heterocycles. The van der Waals surface area contributed by atoms with Gasteiger partial charge in [-0.1, -0.05) is 70.1 Å². The molecule has 0 saturated carbocycles. The summed E-state index contributed by atoms with van der Waals surface area (Å²) in [5.41, 5.74) is 0.630. The van der Waals surface area contributed by atoms with Crippen LogP contribution in [0.4, 0.5) is 0 Å². The van der Waals surface area contributed by atoms with Gasteiger partial charge in [0, 0.05) is 6.54 Å². The highest BCUT2D eigenvalue weighted by Gasteiger charge is 2.30. The lowest BCUT2D eigenvalue weighted by molar-refractivity contribution is -0.122. The van der Waals surface area contributed by atoms with E-state index >= 15 is 0 Å². The van der Waals surface area contributed by atoms with E-state index in [0.29, 0.717) is 12.3 Å². The molecule has 1 atom stereocenters. The number of hydrogen-bond donors (Lipinski definition) is 2. The van der Waals surface area contributed by atoms with Gasteiger partial charge < -0.3 is 10.4 Å². The number of hydrogen-bond acceptors (Lipinski definition) is 3. The van der Waals surface area contributed by atoms with Crippen molar-refractivity contribution in [2.45, 2.75) is 64.7 Å². The highest BCUT2D eigenvalue weighted by molar-refractivity contribution is 6.14. The minimum absolute atomic E-state index is 0.0529. The van der Waals surface area contributed by atoms with Gasteiger partial charge in [-0.05, 0) is 12.5 Å². The topological polar surface area (TPSA) is 78.8 Å². The smallest absolute Gasteiger partial charge is 0.277 e. The number of fused-ring (bicyclic) bond motifs is 1. The molecule has 0 aromatic heterocycles. The van der Waals surface area contributed by atoms with Gasteiger partial charge >= 0.3 is 0 Å². The molecule has 142 valence electrons. The Hall–Kier alpha value is -2.17. The number of rotatable bonds is 11. The molecule has 1 heterocycles. The van der Waals surface area contributed by atoms with Crippen LogP contribution in [-0.4, -0.2) is 29.2 Å². The number of aliphatic imine (C=N–C) groups is 1. The predicted molar refractivity (Wildman–Crippen MR) is 104 cm³/mol. The zero-order valence-corrected chi connectivity index (χ0v) is 15.7. The molecule has 2 aliphatic rings. The number of aliphatic hydroxyl groups excluding tert-OH is 1. The molecule has 0 aromatic carbocycles. The quantitative estimate of drug-likeness (QED) is 0.544. The molecular weight excluding hydrogens is 328 g/mol. The highest BCUT2D eigenvalue weighted by Crippen LogP contribution is 2.27. The minimum Gasteiger partial charge on any atom is -0.511 e. The molecule has 0 radical (unpaired) electrons. The standard InChI is InChI=1S/C21H30N2O3/c1-2-3-4-5-6-7-8-11-14-22-19(24)15-17-20(25)16-12-9-10-13-18(16)23-21(17)26/h9-10,12-13,16,25H,2-8,11,14-15H2,1H3,(H,22,24). The van der Waals surface area contributed by atoms with Crippen molar-refractivity contribution in [2.24, 2.45) is 10.9 Å². The van der Waals surface area contributed by atoms with Crippen LogP contribution in [0, 0.1) is 5.92 Å². The van der Waals surface area contributed by atoms with Crippen LogP contribution in [0.5, 0.6) is 0 Å². The van der Waals surface area contributed by atoms with Crippen molar-refractivity contribution in [3.63, 3.8) is 0 Å². The van der Waals surface area contributed by atoms with Crippen molar-refractivity contribution in [3.05, 3.63) is 35.6 Å². The van der Waals surface area contributed by atoms with E-state index in [2.05, 4.69) is 17.2 Å². The van der Waals surface area contributed by atoms with E-state index in [-0.39, 0.29) is 23.7 Å². The molecule has 5 nitrogen and oxygen atoms in total. The van der Waals surface area contributed by atoms with E-state index in [1.165, 1.54) is 38.5 Å². The molecule has 0 aromatic rings. The summed E-state index contributed by atoms with van der Waals surface area (Å²) in [6.07, 6.45) is 16.6. The van der Waals surface area contributed by atoms with E-state index in [1.54, 1.807) is 24.3 Å². The normalized spacial score (nSPS) is 18.7. The molecule has 0 bridgehead atoms. The molecule has 2 rings (SSSR count). The number of carbonyl (C=O) groups excluding carboxylic acids is 2. The van der Waals surface area contributed by atoms with Crippen LogP contribution in [0.3, 0.4) is 0 Å². The van der Waals surface area contributed by atoms with Crippen LogP contribution in [0.15, 0.2) is 40.6 Å². The summed E-state index contributed by atoms with van der Waals surface area (Å²) in [6.45, 7) is 2.82. The van der Waals surface area contributed by atoms with Crippen molar-refractivity contribution in [1.82, 2.24) is 5.32 Å². The highest BCUT2D eigenvalue weighted by atomic mass is 16.3. The second-order valence-corrected chi connectivity index (χ2v) is 6.93. The Morgan fingerprint density at radius 1 is 1.12 bits per heavy atom. The first-order valence-corrected chi connectivity index (χ1v) is 9.80. The number of allylic oxidation sites excluding steroid dienone is 4. The third kappa shape index (κ3) is 5.97. The van der Waals surface area contributed by atoms with Crippen LogP contribution in [0.1, 0.15) is 64.7 Å². The maximum Gasteiger partial charge on any atom is 0.277 e. The Kier molecular flexibility index (Phi) is 8.32. The van der Waals surface area contributed by atoms with Crippen molar-refractivity contribution >= 4 is 17.5 Å². The van der Waals surface area contributed by atoms with Gasteiger partial charge in [0.2, 0.25) is 5.91 Å². The van der Waals surface area contributed by atoms with Crippen molar-refractivity contribution in [1.29, 1.82) is 0 Å². The summed E-state index contributed by atoms with van der Waals surface area (Å²) in [4.78, 5) is 28.1. The Labute approximate surface area is 156 Å². The summed E-state index contributed by atoms with van der Waals surface area (Å²) < 4.78 is 0. The Balaban J connectivity index is 1.67. The summed E-state index contributed by atoms with van der Waals surface area (Å²) in [5.74, 6) is -1.22. The van der Waals surface area contributed by atoms with Crippen LogP contribution in [0.2, 0.25) is 0 Å². The van der Waals surface area contributed by atoms with Crippen molar-refractivity contribution in [3.8, 4) is 0 Å². The first-order valence-electron chi connectivity index (χ1n) is 9.80. The average molecular weight is 358 g/mol. The third-order valence-electron chi connectivity index (χ3n) is 4.78. The Bertz CT molecular complexity index is 629. The summed E-state index contributed by atoms with van der Waals surface area (Å²) in [5, 5.41) is 13.2. The number of nitrogens with one attached hydrogen (secondary N) is 1. The zero-order valence-electron chi connectivity index (χ0n) is 15.7. The predicted octanol–water partition coefficient (Wildman–Crippen LogP) is 4.17. The van der Waals surface area contributed by atoms with E-state index in [9.17, 15) is 14.7 Å². The number of amides is 2. The monoisotopic (exact) mass is 358 g/mol.